The smallest absolute Gasteiger partial charge is 0.410 e. The Hall–Kier alpha value is -0.730. The third-order valence-electron chi connectivity index (χ3n) is 3.23. The Labute approximate surface area is 85.4 Å². The van der Waals surface area contributed by atoms with Crippen molar-refractivity contribution in [2.75, 3.05) is 6.54 Å². The largest absolute Gasteiger partial charge is 0.444 e. The molecule has 2 atom stereocenters. The van der Waals surface area contributed by atoms with Gasteiger partial charge in [0.1, 0.15) is 5.60 Å². The van der Waals surface area contributed by atoms with E-state index >= 15 is 0 Å². The Balaban J connectivity index is 1.94. The third-order valence-corrected chi connectivity index (χ3v) is 3.23. The topological polar surface area (TPSA) is 29.5 Å². The summed E-state index contributed by atoms with van der Waals surface area (Å²) < 4.78 is 5.35. The van der Waals surface area contributed by atoms with Crippen LogP contribution in [0.2, 0.25) is 0 Å². The van der Waals surface area contributed by atoms with Crippen molar-refractivity contribution in [3.8, 4) is 0 Å². The Morgan fingerprint density at radius 2 is 2.14 bits per heavy atom. The van der Waals surface area contributed by atoms with Crippen molar-refractivity contribution < 1.29 is 9.53 Å². The average molecular weight is 197 g/mol. The van der Waals surface area contributed by atoms with Gasteiger partial charge in [0, 0.05) is 12.6 Å². The van der Waals surface area contributed by atoms with Crippen molar-refractivity contribution in [3.63, 3.8) is 0 Å². The summed E-state index contributed by atoms with van der Waals surface area (Å²) in [6, 6.07) is 0.456. The summed E-state index contributed by atoms with van der Waals surface area (Å²) >= 11 is 0. The third kappa shape index (κ3) is 1.60. The van der Waals surface area contributed by atoms with Gasteiger partial charge in [0.15, 0.2) is 0 Å². The molecule has 1 saturated carbocycles. The lowest BCUT2D eigenvalue weighted by Gasteiger charge is -2.25. The van der Waals surface area contributed by atoms with E-state index in [0.717, 1.165) is 19.4 Å². The summed E-state index contributed by atoms with van der Waals surface area (Å²) in [5.41, 5.74) is 0.0435. The second-order valence-electron chi connectivity index (χ2n) is 5.80. The van der Waals surface area contributed by atoms with Gasteiger partial charge in [0.2, 0.25) is 0 Å². The van der Waals surface area contributed by atoms with Crippen LogP contribution in [-0.2, 0) is 4.74 Å². The van der Waals surface area contributed by atoms with Gasteiger partial charge in [-0.1, -0.05) is 6.92 Å². The summed E-state index contributed by atoms with van der Waals surface area (Å²) in [6.07, 6.45) is 2.16. The second-order valence-corrected chi connectivity index (χ2v) is 5.80. The van der Waals surface area contributed by atoms with Crippen LogP contribution in [0.3, 0.4) is 0 Å². The fourth-order valence-electron chi connectivity index (χ4n) is 2.21. The Morgan fingerprint density at radius 1 is 1.50 bits per heavy atom. The number of fused-ring (bicyclic) bond motifs is 1. The van der Waals surface area contributed by atoms with E-state index in [1.807, 2.05) is 25.7 Å². The zero-order valence-electron chi connectivity index (χ0n) is 9.46. The lowest BCUT2D eigenvalue weighted by atomic mass is 10.1. The highest BCUT2D eigenvalue weighted by atomic mass is 16.6. The SMILES string of the molecule is CC(C)(C)OC(=O)N1CCC2(C)CC12. The van der Waals surface area contributed by atoms with Crippen molar-refractivity contribution in [2.45, 2.75) is 52.2 Å². The molecule has 80 valence electrons. The summed E-state index contributed by atoms with van der Waals surface area (Å²) in [7, 11) is 0. The van der Waals surface area contributed by atoms with Gasteiger partial charge in [-0.25, -0.2) is 4.79 Å². The number of likely N-dealkylation sites (tertiary alicyclic amines) is 1. The van der Waals surface area contributed by atoms with E-state index in [0.29, 0.717) is 11.5 Å². The first-order chi connectivity index (χ1) is 6.32. The van der Waals surface area contributed by atoms with Crippen LogP contribution in [0.25, 0.3) is 0 Å². The van der Waals surface area contributed by atoms with Crippen LogP contribution in [0.5, 0.6) is 0 Å². The number of carbonyl (C=O) groups excluding carboxylic acids is 1. The molecule has 1 saturated heterocycles. The number of hydrogen-bond donors (Lipinski definition) is 0. The molecule has 0 aromatic heterocycles. The van der Waals surface area contributed by atoms with Crippen LogP contribution >= 0.6 is 0 Å². The summed E-state index contributed by atoms with van der Waals surface area (Å²) in [5, 5.41) is 0. The van der Waals surface area contributed by atoms with Gasteiger partial charge in [0.05, 0.1) is 0 Å². The van der Waals surface area contributed by atoms with Crippen LogP contribution in [0.4, 0.5) is 4.79 Å². The summed E-state index contributed by atoms with van der Waals surface area (Å²) in [6.45, 7) is 8.85. The van der Waals surface area contributed by atoms with E-state index in [2.05, 4.69) is 6.92 Å². The van der Waals surface area contributed by atoms with E-state index in [-0.39, 0.29) is 11.7 Å². The van der Waals surface area contributed by atoms with Gasteiger partial charge in [-0.2, -0.15) is 0 Å². The Morgan fingerprint density at radius 3 is 2.50 bits per heavy atom. The molecule has 0 N–H and O–H groups in total. The van der Waals surface area contributed by atoms with E-state index < -0.39 is 0 Å². The Kier molecular flexibility index (Phi) is 1.85. The molecule has 2 aliphatic rings. The molecule has 1 heterocycles. The molecule has 1 aliphatic carbocycles. The van der Waals surface area contributed by atoms with Crippen LogP contribution in [0.15, 0.2) is 0 Å². The number of piperidine rings is 1. The van der Waals surface area contributed by atoms with Crippen LogP contribution in [0.1, 0.15) is 40.5 Å². The molecule has 1 amide bonds. The molecule has 14 heavy (non-hydrogen) atoms. The van der Waals surface area contributed by atoms with Gasteiger partial charge < -0.3 is 9.64 Å². The average Bonchev–Trinajstić information content (AvgIpc) is 2.51. The fraction of sp³-hybridized carbons (Fsp3) is 0.909. The standard InChI is InChI=1S/C11H19NO2/c1-10(2,3)14-9(13)12-6-5-11(4)7-8(11)12/h8H,5-7H2,1-4H3. The predicted octanol–water partition coefficient (Wildman–Crippen LogP) is 2.41. The maximum Gasteiger partial charge on any atom is 0.410 e. The van der Waals surface area contributed by atoms with Gasteiger partial charge in [-0.05, 0) is 39.0 Å². The zero-order valence-corrected chi connectivity index (χ0v) is 9.46. The van der Waals surface area contributed by atoms with E-state index in [1.54, 1.807) is 0 Å². The minimum atomic E-state index is -0.370. The summed E-state index contributed by atoms with van der Waals surface area (Å²) in [5.74, 6) is 0. The highest BCUT2D eigenvalue weighted by molar-refractivity contribution is 5.70. The number of hydrogen-bond acceptors (Lipinski definition) is 2. The first-order valence-corrected chi connectivity index (χ1v) is 5.31. The molecule has 2 unspecified atom stereocenters. The fourth-order valence-corrected chi connectivity index (χ4v) is 2.21. The van der Waals surface area contributed by atoms with Crippen molar-refractivity contribution in [1.82, 2.24) is 4.90 Å². The lowest BCUT2D eigenvalue weighted by Crippen LogP contribution is -2.36. The van der Waals surface area contributed by atoms with Gasteiger partial charge in [0.25, 0.3) is 0 Å². The lowest BCUT2D eigenvalue weighted by molar-refractivity contribution is 0.0263. The molecule has 3 nitrogen and oxygen atoms in total. The first-order valence-electron chi connectivity index (χ1n) is 5.31. The molecule has 0 spiro atoms. The molecular weight excluding hydrogens is 178 g/mol. The minimum Gasteiger partial charge on any atom is -0.444 e. The van der Waals surface area contributed by atoms with Gasteiger partial charge in [-0.3, -0.25) is 0 Å². The molecule has 0 bridgehead atoms. The van der Waals surface area contributed by atoms with Gasteiger partial charge in [-0.15, -0.1) is 0 Å². The molecular formula is C11H19NO2. The highest BCUT2D eigenvalue weighted by Gasteiger charge is 2.59. The molecule has 1 aliphatic heterocycles. The molecule has 2 rings (SSSR count). The number of nitrogens with zero attached hydrogens (tertiary/aromatic N) is 1. The monoisotopic (exact) mass is 197 g/mol. The van der Waals surface area contributed by atoms with Crippen molar-refractivity contribution in [2.24, 2.45) is 5.41 Å². The van der Waals surface area contributed by atoms with E-state index in [4.69, 9.17) is 4.74 Å². The van der Waals surface area contributed by atoms with E-state index in [1.165, 1.54) is 0 Å². The Bertz CT molecular complexity index is 269. The maximum atomic E-state index is 11.7. The molecule has 3 heteroatoms. The quantitative estimate of drug-likeness (QED) is 0.597. The molecule has 2 fully saturated rings. The number of amides is 1. The highest BCUT2D eigenvalue weighted by Crippen LogP contribution is 2.56. The normalized spacial score (nSPS) is 35.4. The minimum absolute atomic E-state index is 0.135. The van der Waals surface area contributed by atoms with Crippen LogP contribution < -0.4 is 0 Å². The number of ether oxygens (including phenoxy) is 1. The second kappa shape index (κ2) is 2.65. The molecule has 0 aromatic rings. The predicted molar refractivity (Wildman–Crippen MR) is 54.1 cm³/mol. The number of rotatable bonds is 0. The summed E-state index contributed by atoms with van der Waals surface area (Å²) in [4.78, 5) is 13.6. The maximum absolute atomic E-state index is 11.7. The van der Waals surface area contributed by atoms with Crippen molar-refractivity contribution in [3.05, 3.63) is 0 Å². The van der Waals surface area contributed by atoms with Gasteiger partial charge >= 0.3 is 6.09 Å². The molecule has 0 radical (unpaired) electrons. The van der Waals surface area contributed by atoms with Crippen LogP contribution in [0, 0.1) is 5.41 Å². The molecule has 0 aromatic carbocycles. The van der Waals surface area contributed by atoms with Crippen molar-refractivity contribution >= 4 is 6.09 Å². The first kappa shape index (κ1) is 9.81. The van der Waals surface area contributed by atoms with E-state index in [9.17, 15) is 4.79 Å². The van der Waals surface area contributed by atoms with Crippen LogP contribution in [-0.4, -0.2) is 29.2 Å². The number of carbonyl (C=O) groups is 1. The zero-order chi connectivity index (χ0) is 10.6. The van der Waals surface area contributed by atoms with Crippen molar-refractivity contribution in [1.29, 1.82) is 0 Å².